The van der Waals surface area contributed by atoms with Crippen LogP contribution in [0.1, 0.15) is 6.42 Å². The number of rotatable bonds is 5. The lowest BCUT2D eigenvalue weighted by Crippen LogP contribution is -2.45. The third-order valence-electron chi connectivity index (χ3n) is 1.83. The van der Waals surface area contributed by atoms with Crippen molar-refractivity contribution in [3.8, 4) is 0 Å². The van der Waals surface area contributed by atoms with Crippen LogP contribution in [0.2, 0.25) is 0 Å². The quantitative estimate of drug-likeness (QED) is 0.560. The summed E-state index contributed by atoms with van der Waals surface area (Å²) in [5.41, 5.74) is 0. The van der Waals surface area contributed by atoms with Crippen molar-refractivity contribution < 1.29 is 19.8 Å². The summed E-state index contributed by atoms with van der Waals surface area (Å²) < 4.78 is 2.76. The Labute approximate surface area is 96.7 Å². The number of nitrogens with one attached hydrogen (secondary N) is 1. The Hall–Kier alpha value is -1.44. The fourth-order valence-electron chi connectivity index (χ4n) is 1.23. The molecule has 0 aliphatic carbocycles. The Kier molecular flexibility index (Phi) is 4.90. The van der Waals surface area contributed by atoms with E-state index in [1.54, 1.807) is 4.90 Å². The van der Waals surface area contributed by atoms with Crippen molar-refractivity contribution in [3.05, 3.63) is 0 Å². The lowest BCUT2D eigenvalue weighted by atomic mass is 10.3. The maximum absolute atomic E-state index is 10.6. The minimum Gasteiger partial charge on any atom is -0.481 e. The molecule has 0 spiro atoms. The Morgan fingerprint density at radius 2 is 2.19 bits per heavy atom. The first kappa shape index (κ1) is 12.6. The number of aliphatic carboxylic acids is 2. The second-order valence-corrected chi connectivity index (χ2v) is 3.94. The zero-order valence-corrected chi connectivity index (χ0v) is 9.37. The van der Waals surface area contributed by atoms with Gasteiger partial charge in [-0.1, -0.05) is 0 Å². The van der Waals surface area contributed by atoms with Crippen LogP contribution in [-0.4, -0.2) is 58.4 Å². The number of carboxylic acid groups (broad SMARTS) is 2. The average Bonchev–Trinajstić information content (AvgIpc) is 2.19. The van der Waals surface area contributed by atoms with E-state index in [9.17, 15) is 9.59 Å². The van der Waals surface area contributed by atoms with Gasteiger partial charge in [-0.15, -0.1) is 0 Å². The molecule has 0 aromatic heterocycles. The van der Waals surface area contributed by atoms with E-state index < -0.39 is 11.9 Å². The van der Waals surface area contributed by atoms with Crippen LogP contribution in [0.5, 0.6) is 0 Å². The van der Waals surface area contributed by atoms with Crippen LogP contribution in [0, 0.1) is 0 Å². The second kappa shape index (κ2) is 6.21. The van der Waals surface area contributed by atoms with Gasteiger partial charge >= 0.3 is 11.9 Å². The summed E-state index contributed by atoms with van der Waals surface area (Å²) in [4.78, 5) is 26.6. The third kappa shape index (κ3) is 4.39. The van der Waals surface area contributed by atoms with Crippen LogP contribution in [0.25, 0.3) is 0 Å². The normalized spacial score (nSPS) is 15.5. The topological polar surface area (TPSA) is 102 Å². The zero-order chi connectivity index (χ0) is 12.0. The summed E-state index contributed by atoms with van der Waals surface area (Å²) in [6, 6.07) is 0. The molecular formula is C8H13N3O4S. The molecule has 1 heterocycles. The summed E-state index contributed by atoms with van der Waals surface area (Å²) in [6.45, 7) is 1.12. The molecule has 16 heavy (non-hydrogen) atoms. The van der Waals surface area contributed by atoms with Crippen molar-refractivity contribution in [1.29, 1.82) is 0 Å². The molecular weight excluding hydrogens is 234 g/mol. The molecule has 1 rings (SSSR count). The number of aliphatic imine (C=N–C) groups is 1. The molecule has 8 heteroatoms. The van der Waals surface area contributed by atoms with Crippen molar-refractivity contribution in [2.24, 2.45) is 4.99 Å². The van der Waals surface area contributed by atoms with Crippen LogP contribution in [0.15, 0.2) is 4.99 Å². The van der Waals surface area contributed by atoms with Crippen LogP contribution in [-0.2, 0) is 9.59 Å². The molecule has 0 unspecified atom stereocenters. The monoisotopic (exact) mass is 247 g/mol. The minimum absolute atomic E-state index is 0.0973. The number of hydrogen-bond acceptors (Lipinski definition) is 6. The second-order valence-electron chi connectivity index (χ2n) is 3.16. The van der Waals surface area contributed by atoms with E-state index in [-0.39, 0.29) is 12.3 Å². The smallest absolute Gasteiger partial charge is 0.323 e. The number of guanidine groups is 1. The zero-order valence-electron chi connectivity index (χ0n) is 8.55. The van der Waals surface area contributed by atoms with Crippen molar-refractivity contribution in [2.45, 2.75) is 6.42 Å². The molecule has 0 fully saturated rings. The van der Waals surface area contributed by atoms with E-state index in [1.165, 1.54) is 0 Å². The molecule has 3 N–H and O–H groups in total. The molecule has 0 aromatic rings. The highest BCUT2D eigenvalue weighted by atomic mass is 32.2. The molecule has 7 nitrogen and oxygen atoms in total. The molecule has 90 valence electrons. The highest BCUT2D eigenvalue weighted by Crippen LogP contribution is 2.04. The Morgan fingerprint density at radius 1 is 1.44 bits per heavy atom. The van der Waals surface area contributed by atoms with Crippen LogP contribution in [0.3, 0.4) is 0 Å². The molecule has 1 aliphatic rings. The summed E-state index contributed by atoms with van der Waals surface area (Å²) in [7, 11) is 0. The Balaban J connectivity index is 2.43. The molecule has 0 saturated carbocycles. The Morgan fingerprint density at radius 3 is 2.81 bits per heavy atom. The molecule has 1 aliphatic heterocycles. The van der Waals surface area contributed by atoms with E-state index in [0.29, 0.717) is 19.0 Å². The summed E-state index contributed by atoms with van der Waals surface area (Å²) >= 11 is 0.984. The lowest BCUT2D eigenvalue weighted by molar-refractivity contribution is -0.137. The van der Waals surface area contributed by atoms with Gasteiger partial charge in [-0.3, -0.25) is 19.3 Å². The van der Waals surface area contributed by atoms with Gasteiger partial charge in [-0.2, -0.15) is 0 Å². The molecule has 0 atom stereocenters. The number of nitrogens with zero attached hydrogens (tertiary/aromatic N) is 2. The molecule has 0 amide bonds. The first-order chi connectivity index (χ1) is 7.59. The average molecular weight is 247 g/mol. The van der Waals surface area contributed by atoms with Gasteiger partial charge in [0.1, 0.15) is 12.3 Å². The fraction of sp³-hybridized carbons (Fsp3) is 0.625. The lowest BCUT2D eigenvalue weighted by Gasteiger charge is -2.27. The molecule has 0 radical (unpaired) electrons. The summed E-state index contributed by atoms with van der Waals surface area (Å²) in [6.07, 6.45) is 0.808. The number of carboxylic acids is 2. The maximum atomic E-state index is 10.6. The van der Waals surface area contributed by atoms with Gasteiger partial charge in [-0.05, 0) is 18.4 Å². The standard InChI is InChI=1S/C8H13N3O4S/c12-6(13)4-11-3-1-2-9-8(11)10-16-5-7(14)15/h1-5H2,(H,9,10)(H,12,13)(H,14,15). The van der Waals surface area contributed by atoms with Crippen LogP contribution < -0.4 is 4.72 Å². The van der Waals surface area contributed by atoms with E-state index >= 15 is 0 Å². The van der Waals surface area contributed by atoms with Crippen molar-refractivity contribution in [2.75, 3.05) is 25.4 Å². The van der Waals surface area contributed by atoms with Gasteiger partial charge in [0.05, 0.1) is 0 Å². The van der Waals surface area contributed by atoms with Gasteiger partial charge in [-0.25, -0.2) is 0 Å². The fourth-order valence-corrected chi connectivity index (χ4v) is 1.75. The van der Waals surface area contributed by atoms with Crippen molar-refractivity contribution in [1.82, 2.24) is 9.62 Å². The molecule has 0 aromatic carbocycles. The summed E-state index contributed by atoms with van der Waals surface area (Å²) in [5, 5.41) is 17.1. The van der Waals surface area contributed by atoms with Gasteiger partial charge < -0.3 is 15.1 Å². The maximum Gasteiger partial charge on any atom is 0.323 e. The number of hydrogen-bond donors (Lipinski definition) is 3. The third-order valence-corrected chi connectivity index (χ3v) is 2.55. The Bertz CT molecular complexity index is 308. The van der Waals surface area contributed by atoms with Crippen molar-refractivity contribution >= 4 is 29.8 Å². The van der Waals surface area contributed by atoms with Gasteiger partial charge in [0, 0.05) is 13.1 Å². The van der Waals surface area contributed by atoms with E-state index in [2.05, 4.69) is 9.71 Å². The number of carbonyl (C=O) groups is 2. The first-order valence-corrected chi connectivity index (χ1v) is 5.69. The first-order valence-electron chi connectivity index (χ1n) is 4.70. The highest BCUT2D eigenvalue weighted by Gasteiger charge is 2.17. The largest absolute Gasteiger partial charge is 0.481 e. The highest BCUT2D eigenvalue weighted by molar-refractivity contribution is 7.98. The van der Waals surface area contributed by atoms with Gasteiger partial charge in [0.2, 0.25) is 5.96 Å². The van der Waals surface area contributed by atoms with Crippen LogP contribution in [0.4, 0.5) is 0 Å². The predicted molar refractivity (Wildman–Crippen MR) is 59.4 cm³/mol. The minimum atomic E-state index is -0.932. The predicted octanol–water partition coefficient (Wildman–Crippen LogP) is -0.545. The molecule has 0 saturated heterocycles. The van der Waals surface area contributed by atoms with E-state index in [0.717, 1.165) is 18.4 Å². The summed E-state index contributed by atoms with van der Waals surface area (Å²) in [5.74, 6) is -1.52. The van der Waals surface area contributed by atoms with E-state index in [4.69, 9.17) is 10.2 Å². The molecule has 0 bridgehead atoms. The SMILES string of the molecule is O=C(O)CSNC1=NCCCN1CC(=O)O. The van der Waals surface area contributed by atoms with E-state index in [1.807, 2.05) is 0 Å². The van der Waals surface area contributed by atoms with Crippen LogP contribution >= 0.6 is 11.9 Å². The van der Waals surface area contributed by atoms with Gasteiger partial charge in [0.15, 0.2) is 0 Å². The van der Waals surface area contributed by atoms with Gasteiger partial charge in [0.25, 0.3) is 0 Å². The van der Waals surface area contributed by atoms with Crippen molar-refractivity contribution in [3.63, 3.8) is 0 Å².